The monoisotopic (exact) mass is 377 g/mol. The average Bonchev–Trinajstić information content (AvgIpc) is 2.64. The highest BCUT2D eigenvalue weighted by molar-refractivity contribution is 9.11. The minimum absolute atomic E-state index is 0.0123. The molecule has 1 aromatic carbocycles. The van der Waals surface area contributed by atoms with Gasteiger partial charge in [0.05, 0.1) is 9.83 Å². The first-order valence-corrected chi connectivity index (χ1v) is 7.39. The van der Waals surface area contributed by atoms with Gasteiger partial charge in [-0.15, -0.1) is 11.3 Å². The van der Waals surface area contributed by atoms with E-state index in [1.165, 1.54) is 6.07 Å². The van der Waals surface area contributed by atoms with Crippen molar-refractivity contribution in [3.8, 4) is 0 Å². The minimum Gasteiger partial charge on any atom is -0.309 e. The zero-order chi connectivity index (χ0) is 12.4. The summed E-state index contributed by atoms with van der Waals surface area (Å²) in [6, 6.07) is 8.99. The molecule has 1 atom stereocenters. The molecule has 1 N–H and O–H groups in total. The van der Waals surface area contributed by atoms with E-state index in [4.69, 9.17) is 0 Å². The van der Waals surface area contributed by atoms with Crippen LogP contribution in [0.3, 0.4) is 0 Å². The summed E-state index contributed by atoms with van der Waals surface area (Å²) in [7, 11) is 1.87. The van der Waals surface area contributed by atoms with E-state index in [0.29, 0.717) is 0 Å². The van der Waals surface area contributed by atoms with Gasteiger partial charge in [0.15, 0.2) is 0 Å². The Kier molecular flexibility index (Phi) is 4.36. The van der Waals surface area contributed by atoms with Crippen molar-refractivity contribution in [3.63, 3.8) is 0 Å². The lowest BCUT2D eigenvalue weighted by Gasteiger charge is -2.15. The van der Waals surface area contributed by atoms with Gasteiger partial charge in [-0.1, -0.05) is 15.9 Å². The average molecular weight is 379 g/mol. The van der Waals surface area contributed by atoms with E-state index < -0.39 is 0 Å². The van der Waals surface area contributed by atoms with Gasteiger partial charge in [0.2, 0.25) is 0 Å². The molecule has 1 heterocycles. The van der Waals surface area contributed by atoms with Crippen LogP contribution in [0.15, 0.2) is 38.6 Å². The Hall–Kier alpha value is -0.230. The van der Waals surface area contributed by atoms with Gasteiger partial charge in [-0.2, -0.15) is 0 Å². The molecule has 0 saturated carbocycles. The lowest BCUT2D eigenvalue weighted by atomic mass is 10.1. The molecule has 0 fully saturated rings. The molecule has 0 aliphatic rings. The van der Waals surface area contributed by atoms with Gasteiger partial charge < -0.3 is 5.32 Å². The van der Waals surface area contributed by atoms with E-state index in [0.717, 1.165) is 18.7 Å². The van der Waals surface area contributed by atoms with Crippen LogP contribution >= 0.6 is 43.2 Å². The Labute approximate surface area is 120 Å². The van der Waals surface area contributed by atoms with Gasteiger partial charge in [-0.3, -0.25) is 0 Å². The standard InChI is InChI=1S/C12H10Br2FNS/c1-16-12(10-2-3-11(14)17-10)7-4-8(13)6-9(15)5-7/h2-6,12,16H,1H3. The molecule has 1 aromatic heterocycles. The molecule has 0 spiro atoms. The minimum atomic E-state index is -0.231. The largest absolute Gasteiger partial charge is 0.309 e. The molecule has 0 saturated heterocycles. The molecule has 0 aliphatic carbocycles. The van der Waals surface area contributed by atoms with Gasteiger partial charge in [0.1, 0.15) is 5.82 Å². The highest BCUT2D eigenvalue weighted by Gasteiger charge is 2.15. The van der Waals surface area contributed by atoms with E-state index >= 15 is 0 Å². The van der Waals surface area contributed by atoms with Crippen molar-refractivity contribution in [2.24, 2.45) is 0 Å². The summed E-state index contributed by atoms with van der Waals surface area (Å²) >= 11 is 8.40. The number of benzene rings is 1. The highest BCUT2D eigenvalue weighted by atomic mass is 79.9. The summed E-state index contributed by atoms with van der Waals surface area (Å²) in [5.41, 5.74) is 0.911. The van der Waals surface area contributed by atoms with Crippen LogP contribution in [-0.4, -0.2) is 7.05 Å². The number of nitrogens with one attached hydrogen (secondary N) is 1. The summed E-state index contributed by atoms with van der Waals surface area (Å²) in [4.78, 5) is 1.15. The van der Waals surface area contributed by atoms with Gasteiger partial charge in [-0.25, -0.2) is 4.39 Å². The fraction of sp³-hybridized carbons (Fsp3) is 0.167. The lowest BCUT2D eigenvalue weighted by molar-refractivity contribution is 0.617. The summed E-state index contributed by atoms with van der Waals surface area (Å²) in [5, 5.41) is 3.20. The topological polar surface area (TPSA) is 12.0 Å². The second-order valence-electron chi connectivity index (χ2n) is 3.57. The van der Waals surface area contributed by atoms with Crippen molar-refractivity contribution in [1.82, 2.24) is 5.32 Å². The maximum Gasteiger partial charge on any atom is 0.124 e. The van der Waals surface area contributed by atoms with Crippen LogP contribution in [0.5, 0.6) is 0 Å². The molecular formula is C12H10Br2FNS. The fourth-order valence-electron chi connectivity index (χ4n) is 1.70. The second kappa shape index (κ2) is 5.61. The molecule has 1 unspecified atom stereocenters. The van der Waals surface area contributed by atoms with Gasteiger partial charge in [-0.05, 0) is 58.9 Å². The van der Waals surface area contributed by atoms with Crippen LogP contribution in [-0.2, 0) is 0 Å². The molecule has 0 bridgehead atoms. The zero-order valence-electron chi connectivity index (χ0n) is 9.01. The molecule has 17 heavy (non-hydrogen) atoms. The van der Waals surface area contributed by atoms with Gasteiger partial charge in [0.25, 0.3) is 0 Å². The Morgan fingerprint density at radius 1 is 1.24 bits per heavy atom. The number of rotatable bonds is 3. The number of thiophene rings is 1. The lowest BCUT2D eigenvalue weighted by Crippen LogP contribution is -2.16. The first kappa shape index (κ1) is 13.2. The first-order chi connectivity index (χ1) is 8.10. The molecular weight excluding hydrogens is 369 g/mol. The van der Waals surface area contributed by atoms with Crippen LogP contribution in [0, 0.1) is 5.82 Å². The Morgan fingerprint density at radius 2 is 2.00 bits per heavy atom. The molecule has 90 valence electrons. The number of hydrogen-bond acceptors (Lipinski definition) is 2. The quantitative estimate of drug-likeness (QED) is 0.814. The third-order valence-corrected chi connectivity index (χ3v) is 4.53. The Morgan fingerprint density at radius 3 is 2.53 bits per heavy atom. The first-order valence-electron chi connectivity index (χ1n) is 4.98. The maximum absolute atomic E-state index is 13.4. The molecule has 0 aliphatic heterocycles. The summed E-state index contributed by atoms with van der Waals surface area (Å²) in [6.45, 7) is 0. The van der Waals surface area contributed by atoms with Crippen LogP contribution in [0.2, 0.25) is 0 Å². The van der Waals surface area contributed by atoms with Crippen LogP contribution in [0.4, 0.5) is 4.39 Å². The third-order valence-electron chi connectivity index (χ3n) is 2.39. The molecule has 0 amide bonds. The van der Waals surface area contributed by atoms with Crippen LogP contribution in [0.1, 0.15) is 16.5 Å². The zero-order valence-corrected chi connectivity index (χ0v) is 13.0. The molecule has 2 rings (SSSR count). The number of hydrogen-bond donors (Lipinski definition) is 1. The highest BCUT2D eigenvalue weighted by Crippen LogP contribution is 2.32. The smallest absolute Gasteiger partial charge is 0.124 e. The van der Waals surface area contributed by atoms with Gasteiger partial charge >= 0.3 is 0 Å². The van der Waals surface area contributed by atoms with Crippen molar-refractivity contribution in [2.45, 2.75) is 6.04 Å². The Balaban J connectivity index is 2.41. The van der Waals surface area contributed by atoms with Crippen molar-refractivity contribution < 1.29 is 4.39 Å². The van der Waals surface area contributed by atoms with E-state index in [9.17, 15) is 4.39 Å². The van der Waals surface area contributed by atoms with Crippen LogP contribution in [0.25, 0.3) is 0 Å². The normalized spacial score (nSPS) is 12.7. The van der Waals surface area contributed by atoms with Crippen molar-refractivity contribution in [2.75, 3.05) is 7.05 Å². The fourth-order valence-corrected chi connectivity index (χ4v) is 3.74. The van der Waals surface area contributed by atoms with Crippen molar-refractivity contribution in [1.29, 1.82) is 0 Å². The number of halogens is 3. The third kappa shape index (κ3) is 3.16. The summed E-state index contributed by atoms with van der Waals surface area (Å²) in [6.07, 6.45) is 0. The summed E-state index contributed by atoms with van der Waals surface area (Å²) < 4.78 is 15.2. The predicted octanol–water partition coefficient (Wildman–Crippen LogP) is 4.72. The van der Waals surface area contributed by atoms with E-state index in [2.05, 4.69) is 37.2 Å². The van der Waals surface area contributed by atoms with E-state index in [-0.39, 0.29) is 11.9 Å². The van der Waals surface area contributed by atoms with Crippen molar-refractivity contribution >= 4 is 43.2 Å². The molecule has 5 heteroatoms. The molecule has 0 radical (unpaired) electrons. The summed E-state index contributed by atoms with van der Waals surface area (Å²) in [5.74, 6) is -0.231. The second-order valence-corrected chi connectivity index (χ2v) is 6.98. The molecule has 1 nitrogen and oxygen atoms in total. The van der Waals surface area contributed by atoms with E-state index in [1.807, 2.05) is 25.2 Å². The van der Waals surface area contributed by atoms with Crippen LogP contribution < -0.4 is 5.32 Å². The van der Waals surface area contributed by atoms with Gasteiger partial charge in [0, 0.05) is 9.35 Å². The maximum atomic E-state index is 13.4. The molecule has 2 aromatic rings. The Bertz CT molecular complexity index is 507. The van der Waals surface area contributed by atoms with E-state index in [1.54, 1.807) is 17.4 Å². The van der Waals surface area contributed by atoms with Crippen molar-refractivity contribution in [3.05, 3.63) is 54.8 Å². The predicted molar refractivity (Wildman–Crippen MR) is 77.0 cm³/mol. The SMILES string of the molecule is CNC(c1cc(F)cc(Br)c1)c1ccc(Br)s1.